The molecule has 2 aliphatic rings. The fourth-order valence-electron chi connectivity index (χ4n) is 3.42. The van der Waals surface area contributed by atoms with Crippen molar-refractivity contribution in [1.29, 1.82) is 0 Å². The zero-order valence-corrected chi connectivity index (χ0v) is 14.4. The molecule has 2 fully saturated rings. The van der Waals surface area contributed by atoms with Crippen LogP contribution in [0.25, 0.3) is 0 Å². The molecule has 130 valence electrons. The van der Waals surface area contributed by atoms with Crippen LogP contribution >= 0.6 is 0 Å². The smallest absolute Gasteiger partial charge is 0.223 e. The third-order valence-corrected chi connectivity index (χ3v) is 4.95. The van der Waals surface area contributed by atoms with Crippen LogP contribution in [0, 0.1) is 0 Å². The van der Waals surface area contributed by atoms with E-state index >= 15 is 0 Å². The first-order valence-corrected chi connectivity index (χ1v) is 8.86. The molecule has 0 N–H and O–H groups in total. The lowest BCUT2D eigenvalue weighted by atomic mass is 10.1. The predicted molar refractivity (Wildman–Crippen MR) is 92.8 cm³/mol. The number of carbonyl (C=O) groups excluding carboxylic acids is 2. The van der Waals surface area contributed by atoms with Gasteiger partial charge in [-0.2, -0.15) is 0 Å². The molecule has 0 aliphatic carbocycles. The van der Waals surface area contributed by atoms with Gasteiger partial charge in [-0.1, -0.05) is 0 Å². The van der Waals surface area contributed by atoms with E-state index in [9.17, 15) is 9.59 Å². The summed E-state index contributed by atoms with van der Waals surface area (Å²) in [4.78, 5) is 34.2. The van der Waals surface area contributed by atoms with Crippen molar-refractivity contribution in [2.45, 2.75) is 32.6 Å². The monoisotopic (exact) mass is 330 g/mol. The van der Waals surface area contributed by atoms with E-state index in [1.807, 2.05) is 17.2 Å². The summed E-state index contributed by atoms with van der Waals surface area (Å²) in [6.45, 7) is 6.33. The number of aromatic nitrogens is 1. The molecule has 6 heteroatoms. The minimum atomic E-state index is 0.0910. The minimum Gasteiger partial charge on any atom is -0.357 e. The van der Waals surface area contributed by atoms with Gasteiger partial charge in [0.05, 0.1) is 0 Å². The summed E-state index contributed by atoms with van der Waals surface area (Å²) in [6.07, 6.45) is 5.57. The van der Waals surface area contributed by atoms with Gasteiger partial charge in [-0.25, -0.2) is 4.98 Å². The highest BCUT2D eigenvalue weighted by atomic mass is 16.2. The molecule has 0 spiro atoms. The normalized spacial score (nSPS) is 18.1. The lowest BCUT2D eigenvalue weighted by molar-refractivity contribution is -0.138. The van der Waals surface area contributed by atoms with Gasteiger partial charge in [-0.15, -0.1) is 0 Å². The molecule has 0 atom stereocenters. The number of piperazine rings is 1. The molecule has 2 aliphatic heterocycles. The fourth-order valence-corrected chi connectivity index (χ4v) is 3.42. The summed E-state index contributed by atoms with van der Waals surface area (Å²) in [6, 6.07) is 4.12. The lowest BCUT2D eigenvalue weighted by Crippen LogP contribution is -2.50. The summed E-state index contributed by atoms with van der Waals surface area (Å²) in [7, 11) is 0. The molecule has 0 aromatic carbocycles. The van der Waals surface area contributed by atoms with Crippen LogP contribution in [-0.2, 0) is 16.0 Å². The van der Waals surface area contributed by atoms with Gasteiger partial charge in [0.1, 0.15) is 5.82 Å². The summed E-state index contributed by atoms with van der Waals surface area (Å²) >= 11 is 0. The highest BCUT2D eigenvalue weighted by Crippen LogP contribution is 2.19. The first-order valence-electron chi connectivity index (χ1n) is 8.86. The average molecular weight is 330 g/mol. The number of hydrogen-bond donors (Lipinski definition) is 0. The minimum absolute atomic E-state index is 0.0910. The molecule has 1 aromatic heterocycles. The SMILES string of the molecule is CC(=O)N1CCN(C(=O)CCc2ccnc(N3CCCC3)c2)CC1. The Labute approximate surface area is 143 Å². The van der Waals surface area contributed by atoms with E-state index in [0.717, 1.165) is 25.3 Å². The van der Waals surface area contributed by atoms with E-state index in [1.54, 1.807) is 11.8 Å². The number of nitrogens with zero attached hydrogens (tertiary/aromatic N) is 4. The third-order valence-electron chi connectivity index (χ3n) is 4.95. The average Bonchev–Trinajstić information content (AvgIpc) is 3.15. The molecule has 3 heterocycles. The summed E-state index contributed by atoms with van der Waals surface area (Å²) in [5, 5.41) is 0. The van der Waals surface area contributed by atoms with E-state index in [1.165, 1.54) is 18.4 Å². The third kappa shape index (κ3) is 4.04. The van der Waals surface area contributed by atoms with Crippen molar-refractivity contribution in [3.8, 4) is 0 Å². The standard InChI is InChI=1S/C18H26N4O2/c1-15(23)20-10-12-22(13-11-20)18(24)5-4-16-6-7-19-17(14-16)21-8-2-3-9-21/h6-7,14H,2-5,8-13H2,1H3. The number of aryl methyl sites for hydroxylation is 1. The van der Waals surface area contributed by atoms with Crippen molar-refractivity contribution >= 4 is 17.6 Å². The summed E-state index contributed by atoms with van der Waals surface area (Å²) in [5.41, 5.74) is 1.17. The molecule has 0 unspecified atom stereocenters. The maximum absolute atomic E-state index is 12.4. The van der Waals surface area contributed by atoms with Crippen LogP contribution in [0.5, 0.6) is 0 Å². The van der Waals surface area contributed by atoms with Crippen LogP contribution in [0.15, 0.2) is 18.3 Å². The van der Waals surface area contributed by atoms with Gasteiger partial charge in [-0.05, 0) is 37.0 Å². The maximum atomic E-state index is 12.4. The van der Waals surface area contributed by atoms with Gasteiger partial charge in [0.15, 0.2) is 0 Å². The quantitative estimate of drug-likeness (QED) is 0.835. The van der Waals surface area contributed by atoms with Crippen LogP contribution in [0.3, 0.4) is 0 Å². The van der Waals surface area contributed by atoms with Crippen molar-refractivity contribution in [1.82, 2.24) is 14.8 Å². The Morgan fingerprint density at radius 3 is 2.38 bits per heavy atom. The molecule has 24 heavy (non-hydrogen) atoms. The van der Waals surface area contributed by atoms with Crippen LogP contribution in [-0.4, -0.2) is 65.9 Å². The number of hydrogen-bond acceptors (Lipinski definition) is 4. The first-order chi connectivity index (χ1) is 11.6. The first kappa shape index (κ1) is 16.7. The Balaban J connectivity index is 1.49. The van der Waals surface area contributed by atoms with Gasteiger partial charge in [-0.3, -0.25) is 9.59 Å². The highest BCUT2D eigenvalue weighted by molar-refractivity contribution is 5.77. The molecule has 0 radical (unpaired) electrons. The Morgan fingerprint density at radius 1 is 1.04 bits per heavy atom. The van der Waals surface area contributed by atoms with Gasteiger partial charge in [0.2, 0.25) is 11.8 Å². The summed E-state index contributed by atoms with van der Waals surface area (Å²) < 4.78 is 0. The van der Waals surface area contributed by atoms with Crippen LogP contribution < -0.4 is 4.90 Å². The molecular weight excluding hydrogens is 304 g/mol. The van der Waals surface area contributed by atoms with E-state index in [0.29, 0.717) is 32.6 Å². The number of anilines is 1. The van der Waals surface area contributed by atoms with E-state index in [2.05, 4.69) is 16.0 Å². The van der Waals surface area contributed by atoms with E-state index < -0.39 is 0 Å². The van der Waals surface area contributed by atoms with Gasteiger partial charge in [0.25, 0.3) is 0 Å². The number of pyridine rings is 1. The van der Waals surface area contributed by atoms with Crippen molar-refractivity contribution in [2.75, 3.05) is 44.2 Å². The topological polar surface area (TPSA) is 56.8 Å². The van der Waals surface area contributed by atoms with Gasteiger partial charge < -0.3 is 14.7 Å². The number of rotatable bonds is 4. The van der Waals surface area contributed by atoms with Crippen LogP contribution in [0.4, 0.5) is 5.82 Å². The zero-order chi connectivity index (χ0) is 16.9. The van der Waals surface area contributed by atoms with Crippen molar-refractivity contribution in [2.24, 2.45) is 0 Å². The van der Waals surface area contributed by atoms with Crippen molar-refractivity contribution in [3.63, 3.8) is 0 Å². The van der Waals surface area contributed by atoms with Crippen LogP contribution in [0.2, 0.25) is 0 Å². The Morgan fingerprint density at radius 2 is 1.71 bits per heavy atom. The zero-order valence-electron chi connectivity index (χ0n) is 14.4. The lowest BCUT2D eigenvalue weighted by Gasteiger charge is -2.34. The molecular formula is C18H26N4O2. The predicted octanol–water partition coefficient (Wildman–Crippen LogP) is 1.31. The van der Waals surface area contributed by atoms with Gasteiger partial charge in [0, 0.05) is 58.8 Å². The second-order valence-electron chi connectivity index (χ2n) is 6.60. The molecule has 6 nitrogen and oxygen atoms in total. The Bertz CT molecular complexity index is 590. The van der Waals surface area contributed by atoms with E-state index in [-0.39, 0.29) is 11.8 Å². The molecule has 1 aromatic rings. The molecule has 0 bridgehead atoms. The largest absolute Gasteiger partial charge is 0.357 e. The molecule has 2 amide bonds. The van der Waals surface area contributed by atoms with Crippen molar-refractivity contribution in [3.05, 3.63) is 23.9 Å². The molecule has 2 saturated heterocycles. The maximum Gasteiger partial charge on any atom is 0.223 e. The van der Waals surface area contributed by atoms with Crippen molar-refractivity contribution < 1.29 is 9.59 Å². The highest BCUT2D eigenvalue weighted by Gasteiger charge is 2.22. The Kier molecular flexibility index (Phi) is 5.33. The Hall–Kier alpha value is -2.11. The molecule has 0 saturated carbocycles. The second-order valence-corrected chi connectivity index (χ2v) is 6.60. The number of amides is 2. The van der Waals surface area contributed by atoms with Crippen LogP contribution in [0.1, 0.15) is 31.7 Å². The number of carbonyl (C=O) groups is 2. The second kappa shape index (κ2) is 7.64. The fraction of sp³-hybridized carbons (Fsp3) is 0.611. The molecule has 3 rings (SSSR count). The summed E-state index contributed by atoms with van der Waals surface area (Å²) in [5.74, 6) is 1.30. The van der Waals surface area contributed by atoms with Gasteiger partial charge >= 0.3 is 0 Å². The van der Waals surface area contributed by atoms with E-state index in [4.69, 9.17) is 0 Å².